The van der Waals surface area contributed by atoms with Crippen LogP contribution in [0.4, 0.5) is 10.5 Å². The molecule has 1 aliphatic heterocycles. The minimum absolute atomic E-state index is 0.0882. The summed E-state index contributed by atoms with van der Waals surface area (Å²) in [5.74, 6) is 0.0882. The number of hydrogen-bond acceptors (Lipinski definition) is 3. The van der Waals surface area contributed by atoms with Gasteiger partial charge in [0.15, 0.2) is 0 Å². The summed E-state index contributed by atoms with van der Waals surface area (Å²) >= 11 is 18.8. The predicted molar refractivity (Wildman–Crippen MR) is 96.8 cm³/mol. The SMILES string of the molecule is O=C1NCC=NN1c1cc(Cl)c(Cc2ccc(O)cc2Cl)c(Cl)c1. The molecule has 2 amide bonds. The highest BCUT2D eigenvalue weighted by Gasteiger charge is 2.20. The molecule has 2 aromatic carbocycles. The van der Waals surface area contributed by atoms with Gasteiger partial charge in [-0.05, 0) is 35.4 Å². The Balaban J connectivity index is 1.94. The van der Waals surface area contributed by atoms with Crippen LogP contribution < -0.4 is 10.3 Å². The quantitative estimate of drug-likeness (QED) is 0.820. The van der Waals surface area contributed by atoms with Crippen molar-refractivity contribution in [2.75, 3.05) is 11.6 Å². The second-order valence-corrected chi connectivity index (χ2v) is 6.36. The molecule has 0 aromatic heterocycles. The summed E-state index contributed by atoms with van der Waals surface area (Å²) in [7, 11) is 0. The first kappa shape index (κ1) is 16.9. The van der Waals surface area contributed by atoms with E-state index >= 15 is 0 Å². The van der Waals surface area contributed by atoms with Gasteiger partial charge in [-0.25, -0.2) is 4.79 Å². The molecule has 5 nitrogen and oxygen atoms in total. The Labute approximate surface area is 153 Å². The van der Waals surface area contributed by atoms with Crippen molar-refractivity contribution in [3.63, 3.8) is 0 Å². The van der Waals surface area contributed by atoms with Crippen molar-refractivity contribution in [1.29, 1.82) is 0 Å². The molecule has 3 rings (SSSR count). The standard InChI is InChI=1S/C16H12Cl3N3O2/c17-13-8-11(23)2-1-9(13)5-12-14(18)6-10(7-15(12)19)22-16(24)20-3-4-21-22/h1-2,4,6-8,23H,3,5H2,(H,20,24). The summed E-state index contributed by atoms with van der Waals surface area (Å²) in [5.41, 5.74) is 1.93. The highest BCUT2D eigenvalue weighted by molar-refractivity contribution is 6.36. The molecule has 0 spiro atoms. The maximum Gasteiger partial charge on any atom is 0.342 e. The number of carbonyl (C=O) groups is 1. The molecule has 1 aliphatic rings. The van der Waals surface area contributed by atoms with Crippen molar-refractivity contribution < 1.29 is 9.90 Å². The summed E-state index contributed by atoms with van der Waals surface area (Å²) in [5, 5.41) is 18.5. The smallest absolute Gasteiger partial charge is 0.342 e. The first-order valence-corrected chi connectivity index (χ1v) is 8.15. The number of carbonyl (C=O) groups excluding carboxylic acids is 1. The summed E-state index contributed by atoms with van der Waals surface area (Å²) in [6, 6.07) is 7.61. The number of phenolic OH excluding ortho intramolecular Hbond substituents is 1. The van der Waals surface area contributed by atoms with Crippen LogP contribution in [-0.4, -0.2) is 23.9 Å². The Morgan fingerprint density at radius 2 is 1.83 bits per heavy atom. The molecule has 0 radical (unpaired) electrons. The number of aromatic hydroxyl groups is 1. The second kappa shape index (κ2) is 6.89. The lowest BCUT2D eigenvalue weighted by molar-refractivity contribution is 0.247. The van der Waals surface area contributed by atoms with E-state index in [1.807, 2.05) is 0 Å². The fourth-order valence-corrected chi connectivity index (χ4v) is 3.17. The first-order chi connectivity index (χ1) is 11.5. The predicted octanol–water partition coefficient (Wildman–Crippen LogP) is 4.46. The first-order valence-electron chi connectivity index (χ1n) is 7.01. The number of urea groups is 1. The van der Waals surface area contributed by atoms with E-state index in [2.05, 4.69) is 10.4 Å². The van der Waals surface area contributed by atoms with Crippen LogP contribution in [0.15, 0.2) is 35.4 Å². The van der Waals surface area contributed by atoms with Gasteiger partial charge in [0.1, 0.15) is 5.75 Å². The minimum atomic E-state index is -0.348. The summed E-state index contributed by atoms with van der Waals surface area (Å²) in [6.45, 7) is 0.383. The topological polar surface area (TPSA) is 64.9 Å². The lowest BCUT2D eigenvalue weighted by atomic mass is 10.0. The van der Waals surface area contributed by atoms with Gasteiger partial charge < -0.3 is 10.4 Å². The van der Waals surface area contributed by atoms with E-state index in [9.17, 15) is 9.90 Å². The fourth-order valence-electron chi connectivity index (χ4n) is 2.32. The summed E-state index contributed by atoms with van der Waals surface area (Å²) < 4.78 is 0. The van der Waals surface area contributed by atoms with Crippen molar-refractivity contribution in [2.24, 2.45) is 5.10 Å². The third-order valence-corrected chi connectivity index (χ3v) is 4.53. The molecule has 2 N–H and O–H groups in total. The van der Waals surface area contributed by atoms with Crippen LogP contribution in [0.1, 0.15) is 11.1 Å². The Hall–Kier alpha value is -1.95. The number of phenols is 1. The molecule has 1 heterocycles. The molecule has 124 valence electrons. The Morgan fingerprint density at radius 3 is 2.46 bits per heavy atom. The lowest BCUT2D eigenvalue weighted by Gasteiger charge is -2.22. The van der Waals surface area contributed by atoms with E-state index < -0.39 is 0 Å². The van der Waals surface area contributed by atoms with Crippen molar-refractivity contribution in [3.8, 4) is 5.75 Å². The average molecular weight is 385 g/mol. The maximum absolute atomic E-state index is 11.8. The third kappa shape index (κ3) is 3.43. The molecule has 0 saturated heterocycles. The summed E-state index contributed by atoms with van der Waals surface area (Å²) in [6.07, 6.45) is 1.97. The van der Waals surface area contributed by atoms with Crippen LogP contribution in [0.2, 0.25) is 15.1 Å². The average Bonchev–Trinajstić information content (AvgIpc) is 2.53. The van der Waals surface area contributed by atoms with E-state index in [4.69, 9.17) is 34.8 Å². The van der Waals surface area contributed by atoms with Gasteiger partial charge in [-0.1, -0.05) is 40.9 Å². The van der Waals surface area contributed by atoms with Crippen molar-refractivity contribution >= 4 is 52.7 Å². The number of hydrazone groups is 1. The van der Waals surface area contributed by atoms with E-state index in [-0.39, 0.29) is 11.8 Å². The molecular formula is C16H12Cl3N3O2. The largest absolute Gasteiger partial charge is 0.508 e. The van der Waals surface area contributed by atoms with E-state index in [1.165, 1.54) is 11.1 Å². The monoisotopic (exact) mass is 383 g/mol. The van der Waals surface area contributed by atoms with Gasteiger partial charge in [0, 0.05) is 27.7 Å². The van der Waals surface area contributed by atoms with Gasteiger partial charge in [0.25, 0.3) is 0 Å². The maximum atomic E-state index is 11.8. The van der Waals surface area contributed by atoms with E-state index in [1.54, 1.807) is 30.5 Å². The number of nitrogens with zero attached hydrogens (tertiary/aromatic N) is 2. The van der Waals surface area contributed by atoms with Crippen LogP contribution in [0.5, 0.6) is 5.75 Å². The van der Waals surface area contributed by atoms with Gasteiger partial charge in [-0.15, -0.1) is 0 Å². The van der Waals surface area contributed by atoms with Gasteiger partial charge in [0.05, 0.1) is 12.2 Å². The number of hydrogen-bond donors (Lipinski definition) is 2. The van der Waals surface area contributed by atoms with Crippen LogP contribution in [0.25, 0.3) is 0 Å². The molecule has 0 aliphatic carbocycles. The molecule has 0 unspecified atom stereocenters. The van der Waals surface area contributed by atoms with E-state index in [0.29, 0.717) is 39.3 Å². The van der Waals surface area contributed by atoms with Crippen LogP contribution in [-0.2, 0) is 6.42 Å². The molecular weight excluding hydrogens is 373 g/mol. The van der Waals surface area contributed by atoms with Gasteiger partial charge in [-0.2, -0.15) is 10.1 Å². The Bertz CT molecular complexity index is 816. The number of halogens is 3. The lowest BCUT2D eigenvalue weighted by Crippen LogP contribution is -2.41. The van der Waals surface area contributed by atoms with Gasteiger partial charge >= 0.3 is 6.03 Å². The molecule has 2 aromatic rings. The van der Waals surface area contributed by atoms with Gasteiger partial charge in [0.2, 0.25) is 0 Å². The second-order valence-electron chi connectivity index (χ2n) is 5.14. The minimum Gasteiger partial charge on any atom is -0.508 e. The molecule has 0 saturated carbocycles. The number of benzene rings is 2. The Kier molecular flexibility index (Phi) is 4.85. The fraction of sp³-hybridized carbons (Fsp3) is 0.125. The molecule has 8 heteroatoms. The van der Waals surface area contributed by atoms with E-state index in [0.717, 1.165) is 5.56 Å². The summed E-state index contributed by atoms with van der Waals surface area (Å²) in [4.78, 5) is 11.8. The number of amides is 2. The normalized spacial score (nSPS) is 14.0. The van der Waals surface area contributed by atoms with Crippen molar-refractivity contribution in [3.05, 3.63) is 56.5 Å². The van der Waals surface area contributed by atoms with Crippen molar-refractivity contribution in [1.82, 2.24) is 5.32 Å². The molecule has 0 atom stereocenters. The Morgan fingerprint density at radius 1 is 1.12 bits per heavy atom. The van der Waals surface area contributed by atoms with Gasteiger partial charge in [-0.3, -0.25) is 0 Å². The number of rotatable bonds is 3. The zero-order chi connectivity index (χ0) is 17.3. The molecule has 24 heavy (non-hydrogen) atoms. The highest BCUT2D eigenvalue weighted by atomic mass is 35.5. The highest BCUT2D eigenvalue weighted by Crippen LogP contribution is 2.34. The number of nitrogens with one attached hydrogen (secondary N) is 1. The van der Waals surface area contributed by atoms with Crippen molar-refractivity contribution in [2.45, 2.75) is 6.42 Å². The van der Waals surface area contributed by atoms with Crippen LogP contribution >= 0.6 is 34.8 Å². The van der Waals surface area contributed by atoms with Crippen LogP contribution in [0, 0.1) is 0 Å². The number of anilines is 1. The zero-order valence-electron chi connectivity index (χ0n) is 12.3. The molecule has 0 fully saturated rings. The van der Waals surface area contributed by atoms with Crippen LogP contribution in [0.3, 0.4) is 0 Å². The third-order valence-electron chi connectivity index (χ3n) is 3.51. The molecule has 0 bridgehead atoms. The zero-order valence-corrected chi connectivity index (χ0v) is 14.5.